The molecule has 8 nitrogen and oxygen atoms in total. The first kappa shape index (κ1) is 22.2. The second-order valence-electron chi connectivity index (χ2n) is 9.60. The average molecular weight is 478 g/mol. The first-order chi connectivity index (χ1) is 17.0. The molecule has 1 saturated carbocycles. The van der Waals surface area contributed by atoms with Gasteiger partial charge < -0.3 is 14.6 Å². The van der Waals surface area contributed by atoms with Crippen molar-refractivity contribution in [3.63, 3.8) is 0 Å². The maximum Gasteiger partial charge on any atom is 0.254 e. The summed E-state index contributed by atoms with van der Waals surface area (Å²) in [7, 11) is 0. The lowest BCUT2D eigenvalue weighted by molar-refractivity contribution is -0.135. The lowest BCUT2D eigenvalue weighted by Crippen LogP contribution is -2.70. The van der Waals surface area contributed by atoms with Gasteiger partial charge in [-0.2, -0.15) is 0 Å². The van der Waals surface area contributed by atoms with Gasteiger partial charge >= 0.3 is 0 Å². The number of nitrogens with one attached hydrogen (secondary N) is 2. The fraction of sp³-hybridized carbons (Fsp3) is 0.423. The van der Waals surface area contributed by atoms with Gasteiger partial charge in [0.1, 0.15) is 18.0 Å². The molecule has 2 amide bonds. The third kappa shape index (κ3) is 4.30. The lowest BCUT2D eigenvalue weighted by Gasteiger charge is -2.46. The first-order valence-electron chi connectivity index (χ1n) is 12.2. The number of amides is 2. The van der Waals surface area contributed by atoms with E-state index >= 15 is 0 Å². The highest BCUT2D eigenvalue weighted by Gasteiger charge is 2.42. The van der Waals surface area contributed by atoms with Crippen LogP contribution in [0.25, 0.3) is 22.6 Å². The molecule has 2 N–H and O–H groups in total. The zero-order valence-electron chi connectivity index (χ0n) is 19.3. The minimum atomic E-state index is -0.893. The minimum Gasteiger partial charge on any atom is -0.436 e. The van der Waals surface area contributed by atoms with Crippen LogP contribution in [0.4, 0.5) is 4.39 Å². The molecule has 2 aromatic carbocycles. The van der Waals surface area contributed by atoms with E-state index < -0.39 is 6.17 Å². The summed E-state index contributed by atoms with van der Waals surface area (Å²) in [6.45, 7) is 2.37. The van der Waals surface area contributed by atoms with Gasteiger partial charge in [-0.15, -0.1) is 0 Å². The van der Waals surface area contributed by atoms with Crippen molar-refractivity contribution < 1.29 is 18.4 Å². The molecule has 0 bridgehead atoms. The van der Waals surface area contributed by atoms with E-state index in [0.29, 0.717) is 68.0 Å². The second kappa shape index (κ2) is 9.05. The van der Waals surface area contributed by atoms with Crippen molar-refractivity contribution in [1.29, 1.82) is 0 Å². The van der Waals surface area contributed by atoms with Crippen molar-refractivity contribution in [1.82, 2.24) is 25.4 Å². The molecule has 2 aliphatic heterocycles. The van der Waals surface area contributed by atoms with Gasteiger partial charge in [0.2, 0.25) is 11.8 Å². The van der Waals surface area contributed by atoms with Gasteiger partial charge in [-0.3, -0.25) is 19.8 Å². The number of fused-ring (bicyclic) bond motifs is 2. The predicted molar refractivity (Wildman–Crippen MR) is 128 cm³/mol. The van der Waals surface area contributed by atoms with Crippen molar-refractivity contribution >= 4 is 22.9 Å². The third-order valence-corrected chi connectivity index (χ3v) is 7.40. The summed E-state index contributed by atoms with van der Waals surface area (Å²) in [5.74, 6) is 0.107. The van der Waals surface area contributed by atoms with Gasteiger partial charge in [-0.25, -0.2) is 9.37 Å². The van der Waals surface area contributed by atoms with Crippen LogP contribution in [0.5, 0.6) is 0 Å². The number of oxazole rings is 1. The summed E-state index contributed by atoms with van der Waals surface area (Å²) >= 11 is 0. The molecule has 4 unspecified atom stereocenters. The molecule has 1 aromatic heterocycles. The SMILES string of the molecule is O=C1NC(N2CCN(C(=O)c3ccc4nc(-c5ccccc5)oc4c3)CC2)NC2CCC(F)CC12. The molecule has 35 heavy (non-hydrogen) atoms. The fourth-order valence-corrected chi connectivity index (χ4v) is 5.42. The molecule has 1 aliphatic carbocycles. The van der Waals surface area contributed by atoms with Crippen molar-refractivity contribution in [3.05, 3.63) is 54.1 Å². The van der Waals surface area contributed by atoms with Crippen LogP contribution in [0.3, 0.4) is 0 Å². The number of nitrogens with zero attached hydrogens (tertiary/aromatic N) is 3. The summed E-state index contributed by atoms with van der Waals surface area (Å²) < 4.78 is 19.7. The van der Waals surface area contributed by atoms with E-state index in [1.54, 1.807) is 12.1 Å². The van der Waals surface area contributed by atoms with E-state index in [0.717, 1.165) is 5.56 Å². The van der Waals surface area contributed by atoms with Gasteiger partial charge in [-0.1, -0.05) is 18.2 Å². The lowest BCUT2D eigenvalue weighted by atomic mass is 9.81. The quantitative estimate of drug-likeness (QED) is 0.603. The largest absolute Gasteiger partial charge is 0.436 e. The zero-order valence-corrected chi connectivity index (χ0v) is 19.3. The van der Waals surface area contributed by atoms with Crippen LogP contribution < -0.4 is 10.6 Å². The highest BCUT2D eigenvalue weighted by Crippen LogP contribution is 2.30. The maximum atomic E-state index is 13.7. The average Bonchev–Trinajstić information content (AvgIpc) is 3.33. The van der Waals surface area contributed by atoms with Crippen molar-refractivity contribution in [3.8, 4) is 11.5 Å². The van der Waals surface area contributed by atoms with E-state index in [2.05, 4.69) is 20.5 Å². The zero-order chi connectivity index (χ0) is 23.9. The van der Waals surface area contributed by atoms with Gasteiger partial charge in [0.05, 0.1) is 5.92 Å². The summed E-state index contributed by atoms with van der Waals surface area (Å²) in [5.41, 5.74) is 2.75. The van der Waals surface area contributed by atoms with Gasteiger partial charge in [0.25, 0.3) is 5.91 Å². The highest BCUT2D eigenvalue weighted by molar-refractivity contribution is 5.97. The normalized spacial score (nSPS) is 27.5. The van der Waals surface area contributed by atoms with Crippen LogP contribution >= 0.6 is 0 Å². The number of hydrogen-bond acceptors (Lipinski definition) is 6. The van der Waals surface area contributed by atoms with Gasteiger partial charge in [0, 0.05) is 43.3 Å². The second-order valence-corrected chi connectivity index (χ2v) is 9.60. The van der Waals surface area contributed by atoms with Crippen LogP contribution in [-0.4, -0.2) is 71.3 Å². The standard InChI is InChI=1S/C26H28FN5O3/c27-18-7-9-20-19(15-18)23(33)30-26(29-20)32-12-10-31(11-13-32)25(34)17-6-8-21-22(14-17)35-24(28-21)16-4-2-1-3-5-16/h1-6,8,14,18-20,26,29H,7,9-13,15H2,(H,30,33). The molecular weight excluding hydrogens is 449 g/mol. The smallest absolute Gasteiger partial charge is 0.254 e. The number of piperazine rings is 1. The molecule has 3 aliphatic rings. The Morgan fingerprint density at radius 3 is 2.66 bits per heavy atom. The predicted octanol–water partition coefficient (Wildman–Crippen LogP) is 2.76. The monoisotopic (exact) mass is 477 g/mol. The van der Waals surface area contributed by atoms with Crippen LogP contribution in [0.2, 0.25) is 0 Å². The molecule has 0 radical (unpaired) electrons. The van der Waals surface area contributed by atoms with E-state index in [1.165, 1.54) is 0 Å². The third-order valence-electron chi connectivity index (χ3n) is 7.40. The van der Waals surface area contributed by atoms with Crippen LogP contribution in [0, 0.1) is 5.92 Å². The summed E-state index contributed by atoms with van der Waals surface area (Å²) in [5, 5.41) is 6.50. The molecular formula is C26H28FN5O3. The summed E-state index contributed by atoms with van der Waals surface area (Å²) in [6, 6.07) is 15.0. The van der Waals surface area contributed by atoms with E-state index in [-0.39, 0.29) is 30.1 Å². The number of benzene rings is 2. The summed E-state index contributed by atoms with van der Waals surface area (Å²) in [6.07, 6.45) is 0.291. The molecule has 182 valence electrons. The number of rotatable bonds is 3. The maximum absolute atomic E-state index is 13.7. The first-order valence-corrected chi connectivity index (χ1v) is 12.2. The number of carbonyl (C=O) groups excluding carboxylic acids is 2. The highest BCUT2D eigenvalue weighted by atomic mass is 19.1. The van der Waals surface area contributed by atoms with Crippen molar-refractivity contribution in [2.24, 2.45) is 5.92 Å². The Morgan fingerprint density at radius 1 is 1.06 bits per heavy atom. The fourth-order valence-electron chi connectivity index (χ4n) is 5.42. The Kier molecular flexibility index (Phi) is 5.74. The number of hydrogen-bond donors (Lipinski definition) is 2. The van der Waals surface area contributed by atoms with E-state index in [9.17, 15) is 14.0 Å². The minimum absolute atomic E-state index is 0.00909. The van der Waals surface area contributed by atoms with Crippen molar-refractivity contribution in [2.75, 3.05) is 26.2 Å². The Balaban J connectivity index is 1.10. The topological polar surface area (TPSA) is 90.7 Å². The molecule has 4 atom stereocenters. The number of carbonyl (C=O) groups is 2. The van der Waals surface area contributed by atoms with Gasteiger partial charge in [-0.05, 0) is 49.6 Å². The Morgan fingerprint density at radius 2 is 1.86 bits per heavy atom. The molecule has 6 rings (SSSR count). The van der Waals surface area contributed by atoms with Crippen LogP contribution in [-0.2, 0) is 4.79 Å². The Labute approximate surface area is 202 Å². The number of halogens is 1. The molecule has 9 heteroatoms. The number of alkyl halides is 1. The molecule has 3 aromatic rings. The van der Waals surface area contributed by atoms with Crippen molar-refractivity contribution in [2.45, 2.75) is 37.8 Å². The Bertz CT molecular complexity index is 1240. The van der Waals surface area contributed by atoms with Crippen LogP contribution in [0.1, 0.15) is 29.6 Å². The van der Waals surface area contributed by atoms with Crippen LogP contribution in [0.15, 0.2) is 52.9 Å². The Hall–Kier alpha value is -3.30. The van der Waals surface area contributed by atoms with Gasteiger partial charge in [0.15, 0.2) is 5.58 Å². The molecule has 2 saturated heterocycles. The molecule has 3 fully saturated rings. The molecule has 3 heterocycles. The molecule has 0 spiro atoms. The van der Waals surface area contributed by atoms with E-state index in [1.807, 2.05) is 41.3 Å². The summed E-state index contributed by atoms with van der Waals surface area (Å²) in [4.78, 5) is 34.3. The number of aromatic nitrogens is 1. The van der Waals surface area contributed by atoms with E-state index in [4.69, 9.17) is 4.42 Å².